The summed E-state index contributed by atoms with van der Waals surface area (Å²) in [7, 11) is 1.55. The monoisotopic (exact) mass is 439 g/mol. The van der Waals surface area contributed by atoms with Gasteiger partial charge in [0, 0.05) is 22.9 Å². The molecule has 6 nitrogen and oxygen atoms in total. The van der Waals surface area contributed by atoms with Crippen molar-refractivity contribution in [2.45, 2.75) is 0 Å². The van der Waals surface area contributed by atoms with Gasteiger partial charge in [0.15, 0.2) is 11.2 Å². The number of fused-ring (bicyclic) bond motifs is 1. The number of hydrogen-bond donors (Lipinski definition) is 1. The smallest absolute Gasteiger partial charge is 0.193 e. The van der Waals surface area contributed by atoms with Crippen molar-refractivity contribution in [2.75, 3.05) is 12.4 Å². The molecule has 162 valence electrons. The van der Waals surface area contributed by atoms with Crippen molar-refractivity contribution in [3.05, 3.63) is 101 Å². The number of aromatic nitrogens is 2. The molecule has 0 saturated heterocycles. The lowest BCUT2D eigenvalue weighted by atomic mass is 10.1. The third-order valence-electron chi connectivity index (χ3n) is 5.18. The van der Waals surface area contributed by atoms with Gasteiger partial charge < -0.3 is 14.5 Å². The molecule has 3 aromatic carbocycles. The van der Waals surface area contributed by atoms with Gasteiger partial charge in [0.25, 0.3) is 0 Å². The quantitative estimate of drug-likeness (QED) is 0.372. The summed E-state index contributed by atoms with van der Waals surface area (Å²) < 4.78 is 24.2. The molecule has 7 heteroatoms. The molecule has 5 rings (SSSR count). The Kier molecular flexibility index (Phi) is 5.28. The Balaban J connectivity index is 1.34. The molecule has 5 aromatic rings. The van der Waals surface area contributed by atoms with Gasteiger partial charge in [0.2, 0.25) is 0 Å². The van der Waals surface area contributed by atoms with Crippen molar-refractivity contribution >= 4 is 22.5 Å². The summed E-state index contributed by atoms with van der Waals surface area (Å²) in [5.74, 6) is 1.36. The molecule has 2 heterocycles. The first kappa shape index (κ1) is 20.4. The maximum Gasteiger partial charge on any atom is 0.193 e. The predicted octanol–water partition coefficient (Wildman–Crippen LogP) is 5.81. The van der Waals surface area contributed by atoms with Gasteiger partial charge in [0.05, 0.1) is 18.2 Å². The molecule has 0 saturated carbocycles. The number of nitrogens with one attached hydrogen (secondary N) is 1. The number of benzene rings is 3. The summed E-state index contributed by atoms with van der Waals surface area (Å²) in [4.78, 5) is 12.5. The maximum atomic E-state index is 13.1. The minimum absolute atomic E-state index is 0.135. The first-order valence-electron chi connectivity index (χ1n) is 10.2. The van der Waals surface area contributed by atoms with Crippen LogP contribution < -0.4 is 15.5 Å². The lowest BCUT2D eigenvalue weighted by Gasteiger charge is -2.08. The molecule has 0 unspecified atom stereocenters. The van der Waals surface area contributed by atoms with Gasteiger partial charge in [0.1, 0.15) is 22.9 Å². The van der Waals surface area contributed by atoms with Crippen LogP contribution in [0.15, 0.2) is 94.1 Å². The average Bonchev–Trinajstić information content (AvgIpc) is 2.85. The van der Waals surface area contributed by atoms with Crippen molar-refractivity contribution in [2.24, 2.45) is 0 Å². The molecule has 0 aliphatic heterocycles. The second-order valence-electron chi connectivity index (χ2n) is 7.35. The highest BCUT2D eigenvalue weighted by Gasteiger charge is 2.09. The van der Waals surface area contributed by atoms with E-state index < -0.39 is 0 Å². The lowest BCUT2D eigenvalue weighted by molar-refractivity contribution is 0.415. The third-order valence-corrected chi connectivity index (χ3v) is 5.18. The van der Waals surface area contributed by atoms with Crippen LogP contribution in [0.1, 0.15) is 0 Å². The lowest BCUT2D eigenvalue weighted by Crippen LogP contribution is -2.01. The van der Waals surface area contributed by atoms with Crippen molar-refractivity contribution in [1.29, 1.82) is 0 Å². The van der Waals surface area contributed by atoms with Crippen LogP contribution in [0.2, 0.25) is 0 Å². The number of anilines is 2. The first-order chi connectivity index (χ1) is 16.1. The zero-order valence-corrected chi connectivity index (χ0v) is 17.6. The van der Waals surface area contributed by atoms with Crippen LogP contribution in [0.25, 0.3) is 33.6 Å². The van der Waals surface area contributed by atoms with Crippen molar-refractivity contribution in [1.82, 2.24) is 10.2 Å². The van der Waals surface area contributed by atoms with Crippen molar-refractivity contribution < 1.29 is 13.5 Å². The minimum Gasteiger partial charge on any atom is -0.497 e. The molecule has 0 radical (unpaired) electrons. The Morgan fingerprint density at radius 3 is 2.30 bits per heavy atom. The molecule has 2 aromatic heterocycles. The average molecular weight is 439 g/mol. The van der Waals surface area contributed by atoms with E-state index in [0.717, 1.165) is 16.8 Å². The van der Waals surface area contributed by atoms with Gasteiger partial charge in [-0.15, -0.1) is 10.2 Å². The number of nitrogens with zero attached hydrogens (tertiary/aromatic N) is 2. The maximum absolute atomic E-state index is 13.1. The highest BCUT2D eigenvalue weighted by atomic mass is 19.1. The summed E-state index contributed by atoms with van der Waals surface area (Å²) in [6.07, 6.45) is 0. The predicted molar refractivity (Wildman–Crippen MR) is 125 cm³/mol. The second kappa shape index (κ2) is 8.55. The van der Waals surface area contributed by atoms with Crippen LogP contribution in [0, 0.1) is 5.82 Å². The first-order valence-corrected chi connectivity index (χ1v) is 10.2. The van der Waals surface area contributed by atoms with Crippen LogP contribution in [0.5, 0.6) is 5.75 Å². The Bertz CT molecular complexity index is 1480. The number of hydrogen-bond acceptors (Lipinski definition) is 6. The van der Waals surface area contributed by atoms with E-state index in [0.29, 0.717) is 34.0 Å². The fourth-order valence-corrected chi connectivity index (χ4v) is 3.44. The zero-order chi connectivity index (χ0) is 22.8. The highest BCUT2D eigenvalue weighted by Crippen LogP contribution is 2.26. The van der Waals surface area contributed by atoms with E-state index >= 15 is 0 Å². The minimum atomic E-state index is -0.295. The van der Waals surface area contributed by atoms with Crippen LogP contribution in [0.3, 0.4) is 0 Å². The summed E-state index contributed by atoms with van der Waals surface area (Å²) in [6.45, 7) is 0. The molecule has 0 fully saturated rings. The standard InChI is InChI=1S/C26H18FN3O3/c1-32-20-10-12-24-21(14-20)23(31)15-25(33-24)17-4-8-19(9-5-17)28-26-13-11-22(29-30-26)16-2-6-18(27)7-3-16/h2-15H,1H3,(H,28,30). The van der Waals surface area contributed by atoms with Gasteiger partial charge in [-0.1, -0.05) is 0 Å². The van der Waals surface area contributed by atoms with Crippen LogP contribution in [-0.4, -0.2) is 17.3 Å². The molecule has 33 heavy (non-hydrogen) atoms. The summed E-state index contributed by atoms with van der Waals surface area (Å²) in [6, 6.07) is 23.8. The Labute approximate surface area is 188 Å². The number of rotatable bonds is 5. The van der Waals surface area contributed by atoms with E-state index in [1.165, 1.54) is 18.2 Å². The summed E-state index contributed by atoms with van der Waals surface area (Å²) in [5.41, 5.74) is 3.37. The van der Waals surface area contributed by atoms with E-state index in [2.05, 4.69) is 15.5 Å². The van der Waals surface area contributed by atoms with E-state index in [-0.39, 0.29) is 11.2 Å². The molecule has 0 aliphatic carbocycles. The van der Waals surface area contributed by atoms with Gasteiger partial charge in [-0.2, -0.15) is 0 Å². The van der Waals surface area contributed by atoms with Gasteiger partial charge in [-0.25, -0.2) is 4.39 Å². The molecule has 0 aliphatic rings. The van der Waals surface area contributed by atoms with Crippen molar-refractivity contribution in [3.63, 3.8) is 0 Å². The highest BCUT2D eigenvalue weighted by molar-refractivity contribution is 5.80. The third kappa shape index (κ3) is 4.29. The van der Waals surface area contributed by atoms with Crippen LogP contribution in [0.4, 0.5) is 15.9 Å². The van der Waals surface area contributed by atoms with E-state index in [4.69, 9.17) is 9.15 Å². The Hall–Kier alpha value is -4.52. The van der Waals surface area contributed by atoms with Gasteiger partial charge >= 0.3 is 0 Å². The van der Waals surface area contributed by atoms with E-state index in [1.807, 2.05) is 30.3 Å². The number of ether oxygens (including phenoxy) is 1. The molecule has 0 spiro atoms. The number of halogens is 1. The molecule has 1 N–H and O–H groups in total. The normalized spacial score (nSPS) is 10.8. The number of methoxy groups -OCH3 is 1. The topological polar surface area (TPSA) is 77.2 Å². The summed E-state index contributed by atoms with van der Waals surface area (Å²) >= 11 is 0. The van der Waals surface area contributed by atoms with Gasteiger partial charge in [-0.3, -0.25) is 4.79 Å². The molecule has 0 amide bonds. The fraction of sp³-hybridized carbons (Fsp3) is 0.0385. The SMILES string of the molecule is COc1ccc2oc(-c3ccc(Nc4ccc(-c5ccc(F)cc5)nn4)cc3)cc(=O)c2c1. The van der Waals surface area contributed by atoms with Crippen LogP contribution >= 0.6 is 0 Å². The Morgan fingerprint density at radius 1 is 0.848 bits per heavy atom. The summed E-state index contributed by atoms with van der Waals surface area (Å²) in [5, 5.41) is 12.0. The largest absolute Gasteiger partial charge is 0.497 e. The van der Waals surface area contributed by atoms with Crippen molar-refractivity contribution in [3.8, 4) is 28.3 Å². The zero-order valence-electron chi connectivity index (χ0n) is 17.6. The molecule has 0 atom stereocenters. The molecular formula is C26H18FN3O3. The Morgan fingerprint density at radius 2 is 1.61 bits per heavy atom. The molecule has 0 bridgehead atoms. The fourth-order valence-electron chi connectivity index (χ4n) is 3.44. The van der Waals surface area contributed by atoms with Gasteiger partial charge in [-0.05, 0) is 78.9 Å². The second-order valence-corrected chi connectivity index (χ2v) is 7.35. The molecular weight excluding hydrogens is 421 g/mol. The van der Waals surface area contributed by atoms with Crippen LogP contribution in [-0.2, 0) is 0 Å². The van der Waals surface area contributed by atoms with E-state index in [1.54, 1.807) is 43.5 Å². The van der Waals surface area contributed by atoms with E-state index in [9.17, 15) is 9.18 Å².